The second-order valence-electron chi connectivity index (χ2n) is 18.5. The highest BCUT2D eigenvalue weighted by molar-refractivity contribution is 8.00. The van der Waals surface area contributed by atoms with E-state index in [1.165, 1.54) is 85.3 Å². The summed E-state index contributed by atoms with van der Waals surface area (Å²) < 4.78 is 4.24. The van der Waals surface area contributed by atoms with Crippen LogP contribution in [0.15, 0.2) is 156 Å². The van der Waals surface area contributed by atoms with Gasteiger partial charge in [0.05, 0.1) is 0 Å². The summed E-state index contributed by atoms with van der Waals surface area (Å²) in [7, 11) is 0. The summed E-state index contributed by atoms with van der Waals surface area (Å²) in [6.07, 6.45) is 25.8. The summed E-state index contributed by atoms with van der Waals surface area (Å²) in [5.41, 5.74) is 19.4. The molecule has 0 saturated heterocycles. The molecule has 0 spiro atoms. The molecule has 0 amide bonds. The topological polar surface area (TPSA) is 0 Å². The average molecular weight is 823 g/mol. The van der Waals surface area contributed by atoms with Crippen molar-refractivity contribution in [3.05, 3.63) is 201 Å². The van der Waals surface area contributed by atoms with E-state index in [0.717, 1.165) is 19.3 Å². The van der Waals surface area contributed by atoms with Crippen molar-refractivity contribution < 1.29 is 0 Å². The maximum atomic E-state index is 2.69. The van der Waals surface area contributed by atoms with Crippen LogP contribution in [0.5, 0.6) is 0 Å². The number of fused-ring (bicyclic) bond motifs is 12. The molecule has 1 aliphatic heterocycles. The largest absolute Gasteiger partial charge is 0.139 e. The lowest BCUT2D eigenvalue weighted by Gasteiger charge is -2.40. The van der Waals surface area contributed by atoms with Crippen LogP contribution in [0.2, 0.25) is 0 Å². The summed E-state index contributed by atoms with van der Waals surface area (Å²) in [5, 5.41) is 4.57. The molecule has 5 unspecified atom stereocenters. The fourth-order valence-electron chi connectivity index (χ4n) is 12.3. The number of aryl methyl sites for hydroxylation is 1. The van der Waals surface area contributed by atoms with Crippen LogP contribution in [0, 0.1) is 11.8 Å². The first kappa shape index (κ1) is 34.5. The van der Waals surface area contributed by atoms with Gasteiger partial charge in [-0.05, 0) is 115 Å². The zero-order valence-corrected chi connectivity index (χ0v) is 36.1. The molecule has 7 aliphatic rings. The molecule has 288 valence electrons. The van der Waals surface area contributed by atoms with Crippen LogP contribution in [0.4, 0.5) is 0 Å². The smallest absolute Gasteiger partial charge is 0.0454 e. The first-order valence-electron chi connectivity index (χ1n) is 21.8. The highest BCUT2D eigenvalue weighted by atomic mass is 32.2. The van der Waals surface area contributed by atoms with Gasteiger partial charge >= 0.3 is 0 Å². The third-order valence-corrected chi connectivity index (χ3v) is 19.1. The number of hydrogen-bond donors (Lipinski definition) is 0. The van der Waals surface area contributed by atoms with Gasteiger partial charge in [-0.2, -0.15) is 0 Å². The molecule has 6 aliphatic carbocycles. The molecule has 0 bridgehead atoms. The van der Waals surface area contributed by atoms with Crippen molar-refractivity contribution in [3.8, 4) is 0 Å². The number of benzene rings is 5. The van der Waals surface area contributed by atoms with Gasteiger partial charge in [0, 0.05) is 63.0 Å². The van der Waals surface area contributed by atoms with E-state index < -0.39 is 0 Å². The maximum Gasteiger partial charge on any atom is 0.0454 e. The normalized spacial score (nSPS) is 24.9. The Bertz CT molecular complexity index is 3320. The SMILES string of the molecule is CC1(C)c2cc(C3=CC=CC4c5ccccc5SC34)cc3c2C2=C(C=C(c4cccc5c6c(sc45)CCC=C6)CC21)C1C=C(c2cccc4c2sc2ccccc24)C=CC31. The van der Waals surface area contributed by atoms with Crippen LogP contribution in [-0.2, 0) is 11.8 Å². The lowest BCUT2D eigenvalue weighted by atomic mass is 9.64. The highest BCUT2D eigenvalue weighted by Gasteiger charge is 2.51. The molecule has 3 heterocycles. The molecular weight excluding hydrogens is 781 g/mol. The number of allylic oxidation sites excluding steroid dienone is 12. The first-order valence-corrected chi connectivity index (χ1v) is 24.3. The fourth-order valence-corrected chi connectivity index (χ4v) is 16.4. The molecule has 2 aromatic heterocycles. The van der Waals surface area contributed by atoms with Gasteiger partial charge in [0.15, 0.2) is 0 Å². The van der Waals surface area contributed by atoms with Crippen LogP contribution >= 0.6 is 34.4 Å². The van der Waals surface area contributed by atoms with E-state index in [-0.39, 0.29) is 17.3 Å². The Balaban J connectivity index is 0.980. The van der Waals surface area contributed by atoms with Crippen LogP contribution in [-0.4, -0.2) is 5.25 Å². The Morgan fingerprint density at radius 2 is 1.55 bits per heavy atom. The molecule has 0 fully saturated rings. The van der Waals surface area contributed by atoms with Crippen LogP contribution < -0.4 is 0 Å². The van der Waals surface area contributed by atoms with E-state index in [0.29, 0.717) is 17.1 Å². The van der Waals surface area contributed by atoms with Crippen LogP contribution in [0.3, 0.4) is 0 Å². The van der Waals surface area contributed by atoms with E-state index in [1.54, 1.807) is 27.2 Å². The van der Waals surface area contributed by atoms with Gasteiger partial charge in [-0.15, -0.1) is 34.4 Å². The summed E-state index contributed by atoms with van der Waals surface area (Å²) >= 11 is 6.07. The molecule has 0 radical (unpaired) electrons. The fraction of sp³-hybridized carbons (Fsp3) is 0.193. The van der Waals surface area contributed by atoms with Gasteiger partial charge in [0.1, 0.15) is 0 Å². The van der Waals surface area contributed by atoms with E-state index in [9.17, 15) is 0 Å². The Morgan fingerprint density at radius 1 is 0.717 bits per heavy atom. The van der Waals surface area contributed by atoms with Crippen molar-refractivity contribution in [1.82, 2.24) is 0 Å². The first-order chi connectivity index (χ1) is 29.5. The number of rotatable bonds is 3. The molecule has 7 aromatic rings. The van der Waals surface area contributed by atoms with Crippen molar-refractivity contribution in [1.29, 1.82) is 0 Å². The van der Waals surface area contributed by atoms with Crippen LogP contribution in [0.1, 0.15) is 87.9 Å². The third kappa shape index (κ3) is 4.64. The summed E-state index contributed by atoms with van der Waals surface area (Å²) in [4.78, 5) is 2.99. The molecule has 0 saturated carbocycles. The van der Waals surface area contributed by atoms with Gasteiger partial charge in [0.2, 0.25) is 0 Å². The maximum absolute atomic E-state index is 2.69. The number of thiophene rings is 2. The molecular formula is C57H42S3. The second-order valence-corrected chi connectivity index (χ2v) is 21.8. The average Bonchev–Trinajstić information content (AvgIpc) is 4.04. The Hall–Kier alpha value is -5.19. The lowest BCUT2D eigenvalue weighted by molar-refractivity contribution is 0.416. The van der Waals surface area contributed by atoms with Crippen molar-refractivity contribution in [2.75, 3.05) is 0 Å². The predicted molar refractivity (Wildman–Crippen MR) is 260 cm³/mol. The zero-order chi connectivity index (χ0) is 39.4. The Labute approximate surface area is 363 Å². The summed E-state index contributed by atoms with van der Waals surface area (Å²) in [6.45, 7) is 5.14. The molecule has 14 rings (SSSR count). The molecule has 3 heteroatoms. The van der Waals surface area contributed by atoms with Crippen molar-refractivity contribution in [2.24, 2.45) is 11.8 Å². The zero-order valence-electron chi connectivity index (χ0n) is 33.7. The van der Waals surface area contributed by atoms with Crippen molar-refractivity contribution >= 4 is 93.1 Å². The van der Waals surface area contributed by atoms with Gasteiger partial charge < -0.3 is 0 Å². The Morgan fingerprint density at radius 3 is 2.50 bits per heavy atom. The standard InChI is InChI=1S/C57H42S3/c1-57(2)47-29-32(35-16-10-19-42-39-13-4-7-22-50(39)59-55(35)42)27-45-37-25-24-31(34-15-9-18-41-38-12-3-6-21-49(38)58-54(34)41)26-44(37)46-28-33(30-48(57)53(46)52(45)47)36-17-11-20-43-40-14-5-8-23-51(40)60-56(36)43/h3-7,9-22,24-29,37,42,44,48,55H,8,23,30H2,1-2H3. The molecule has 5 aromatic carbocycles. The van der Waals surface area contributed by atoms with Gasteiger partial charge in [-0.25, -0.2) is 0 Å². The molecule has 0 nitrogen and oxygen atoms in total. The third-order valence-electron chi connectivity index (χ3n) is 15.2. The molecule has 5 atom stereocenters. The van der Waals surface area contributed by atoms with Crippen molar-refractivity contribution in [3.63, 3.8) is 0 Å². The summed E-state index contributed by atoms with van der Waals surface area (Å²) in [6, 6.07) is 37.4. The van der Waals surface area contributed by atoms with Gasteiger partial charge in [0.25, 0.3) is 0 Å². The minimum absolute atomic E-state index is 0.0197. The minimum Gasteiger partial charge on any atom is -0.139 e. The predicted octanol–water partition coefficient (Wildman–Crippen LogP) is 16.0. The monoisotopic (exact) mass is 822 g/mol. The quantitative estimate of drug-likeness (QED) is 0.171. The van der Waals surface area contributed by atoms with E-state index in [1.807, 2.05) is 11.3 Å². The molecule has 60 heavy (non-hydrogen) atoms. The van der Waals surface area contributed by atoms with Gasteiger partial charge in [-0.1, -0.05) is 153 Å². The van der Waals surface area contributed by atoms with Crippen LogP contribution in [0.25, 0.3) is 58.6 Å². The minimum atomic E-state index is -0.0197. The highest BCUT2D eigenvalue weighted by Crippen LogP contribution is 2.65. The van der Waals surface area contributed by atoms with Gasteiger partial charge in [-0.3, -0.25) is 0 Å². The van der Waals surface area contributed by atoms with Crippen molar-refractivity contribution in [2.45, 2.75) is 60.5 Å². The Kier molecular flexibility index (Phi) is 7.16. The molecule has 0 N–H and O–H groups in total. The summed E-state index contributed by atoms with van der Waals surface area (Å²) in [5.74, 6) is 1.35. The second kappa shape index (κ2) is 12.4. The van der Waals surface area contributed by atoms with E-state index >= 15 is 0 Å². The van der Waals surface area contributed by atoms with E-state index in [4.69, 9.17) is 0 Å². The van der Waals surface area contributed by atoms with E-state index in [2.05, 4.69) is 189 Å². The number of hydrogen-bond acceptors (Lipinski definition) is 3. The number of thioether (sulfide) groups is 1. The lowest BCUT2D eigenvalue weighted by Crippen LogP contribution is -2.27.